The highest BCUT2D eigenvalue weighted by Gasteiger charge is 2.29. The maximum Gasteiger partial charge on any atom is 0.406 e. The number of carboxylic acid groups (broad SMARTS) is 1. The summed E-state index contributed by atoms with van der Waals surface area (Å²) in [6.45, 7) is 0.388. The average Bonchev–Trinajstić information content (AvgIpc) is 2.81. The van der Waals surface area contributed by atoms with Crippen molar-refractivity contribution < 1.29 is 29.0 Å². The number of carboxylic acids is 1. The van der Waals surface area contributed by atoms with Gasteiger partial charge in [-0.1, -0.05) is 29.3 Å². The summed E-state index contributed by atoms with van der Waals surface area (Å²) in [5.74, 6) is -2.38. The maximum absolute atomic E-state index is 12.5. The Bertz CT molecular complexity index is 935. The first-order chi connectivity index (χ1) is 15.7. The van der Waals surface area contributed by atoms with Crippen molar-refractivity contribution in [2.75, 3.05) is 33.0 Å². The summed E-state index contributed by atoms with van der Waals surface area (Å²) in [7, 11) is 1.15. The highest BCUT2D eigenvalue weighted by atomic mass is 35.5. The average molecular weight is 518 g/mol. The van der Waals surface area contributed by atoms with Crippen molar-refractivity contribution in [2.45, 2.75) is 23.8 Å². The van der Waals surface area contributed by atoms with Crippen LogP contribution >= 0.6 is 35.0 Å². The number of aliphatic carboxylic acids is 1. The lowest BCUT2D eigenvalue weighted by Gasteiger charge is -2.31. The molecule has 1 heterocycles. The van der Waals surface area contributed by atoms with Crippen LogP contribution in [0.3, 0.4) is 0 Å². The predicted octanol–water partition coefficient (Wildman–Crippen LogP) is 2.89. The van der Waals surface area contributed by atoms with Crippen molar-refractivity contribution in [2.24, 2.45) is 5.92 Å². The molecule has 180 valence electrons. The number of ether oxygens (including phenoxy) is 1. The van der Waals surface area contributed by atoms with Crippen LogP contribution in [-0.4, -0.2) is 72.9 Å². The summed E-state index contributed by atoms with van der Waals surface area (Å²) in [5, 5.41) is 14.7. The van der Waals surface area contributed by atoms with Crippen molar-refractivity contribution in [3.8, 4) is 0 Å². The van der Waals surface area contributed by atoms with Crippen molar-refractivity contribution in [1.29, 1.82) is 0 Å². The highest BCUT2D eigenvalue weighted by molar-refractivity contribution is 7.98. The van der Waals surface area contributed by atoms with Gasteiger partial charge in [-0.05, 0) is 36.8 Å². The van der Waals surface area contributed by atoms with E-state index in [-0.39, 0.29) is 12.5 Å². The number of piperidine rings is 1. The van der Waals surface area contributed by atoms with Gasteiger partial charge in [0.1, 0.15) is 6.04 Å². The minimum Gasteiger partial charge on any atom is -0.480 e. The third-order valence-electron chi connectivity index (χ3n) is 5.13. The number of nitrogens with one attached hydrogen (secondary N) is 2. The molecule has 33 heavy (non-hydrogen) atoms. The van der Waals surface area contributed by atoms with Crippen LogP contribution in [0.5, 0.6) is 0 Å². The van der Waals surface area contributed by atoms with Gasteiger partial charge in [0.25, 0.3) is 0 Å². The summed E-state index contributed by atoms with van der Waals surface area (Å²) in [4.78, 5) is 49.9. The SMILES string of the molecule is COC(=O)NC[C@H](NC(=O)C1CCN(C(=O)/C=C/c2ccc(SC)c(Cl)c2Cl)CC1)C(=O)O. The fourth-order valence-electron chi connectivity index (χ4n) is 3.21. The molecule has 0 unspecified atom stereocenters. The molecule has 1 aliphatic heterocycles. The van der Waals surface area contributed by atoms with E-state index in [0.29, 0.717) is 41.5 Å². The van der Waals surface area contributed by atoms with E-state index >= 15 is 0 Å². The van der Waals surface area contributed by atoms with E-state index in [1.165, 1.54) is 17.8 Å². The Kier molecular flexibility index (Phi) is 10.3. The van der Waals surface area contributed by atoms with Crippen LogP contribution in [-0.2, 0) is 19.1 Å². The fourth-order valence-corrected chi connectivity index (χ4v) is 4.38. The molecule has 1 aromatic rings. The zero-order valence-electron chi connectivity index (χ0n) is 18.1. The standard InChI is InChI=1S/C21H25Cl2N3O6S/c1-32-21(31)24-11-14(20(29)30)25-19(28)13-7-9-26(10-8-13)16(27)6-4-12-3-5-15(33-2)18(23)17(12)22/h3-6,13-14H,7-11H2,1-2H3,(H,24,31)(H,25,28)(H,29,30)/b6-4+/t14-/m0/s1. The maximum atomic E-state index is 12.5. The number of alkyl carbamates (subject to hydrolysis) is 1. The Morgan fingerprint density at radius 1 is 1.24 bits per heavy atom. The van der Waals surface area contributed by atoms with Crippen LogP contribution in [0.15, 0.2) is 23.1 Å². The lowest BCUT2D eigenvalue weighted by molar-refractivity contribution is -0.142. The molecular formula is C21H25Cl2N3O6S. The van der Waals surface area contributed by atoms with Crippen LogP contribution in [0.1, 0.15) is 18.4 Å². The molecule has 0 saturated carbocycles. The van der Waals surface area contributed by atoms with E-state index in [0.717, 1.165) is 12.0 Å². The first kappa shape index (κ1) is 26.8. The molecule has 1 aliphatic rings. The zero-order chi connectivity index (χ0) is 24.5. The molecule has 0 aliphatic carbocycles. The molecule has 0 bridgehead atoms. The van der Waals surface area contributed by atoms with Crippen LogP contribution in [0.4, 0.5) is 4.79 Å². The first-order valence-electron chi connectivity index (χ1n) is 10.0. The Labute approximate surface area is 205 Å². The fraction of sp³-hybridized carbons (Fsp3) is 0.429. The number of rotatable bonds is 8. The van der Waals surface area contributed by atoms with Crippen LogP contribution in [0, 0.1) is 5.92 Å². The third kappa shape index (κ3) is 7.55. The van der Waals surface area contributed by atoms with Crippen molar-refractivity contribution in [3.05, 3.63) is 33.8 Å². The zero-order valence-corrected chi connectivity index (χ0v) is 20.4. The largest absolute Gasteiger partial charge is 0.480 e. The summed E-state index contributed by atoms with van der Waals surface area (Å²) in [6, 6.07) is 2.33. The van der Waals surface area contributed by atoms with E-state index in [1.54, 1.807) is 17.0 Å². The van der Waals surface area contributed by atoms with Crippen molar-refractivity contribution in [1.82, 2.24) is 15.5 Å². The lowest BCUT2D eigenvalue weighted by atomic mass is 9.95. The monoisotopic (exact) mass is 517 g/mol. The number of benzene rings is 1. The molecule has 0 spiro atoms. The van der Waals surface area contributed by atoms with E-state index in [4.69, 9.17) is 23.2 Å². The molecule has 0 radical (unpaired) electrons. The quantitative estimate of drug-likeness (QED) is 0.357. The molecule has 12 heteroatoms. The number of hydrogen-bond donors (Lipinski definition) is 3. The van der Waals surface area contributed by atoms with Gasteiger partial charge in [0, 0.05) is 30.0 Å². The second-order valence-corrected chi connectivity index (χ2v) is 8.79. The Hall–Kier alpha value is -2.43. The Morgan fingerprint density at radius 2 is 1.91 bits per heavy atom. The molecule has 3 amide bonds. The molecule has 0 aromatic heterocycles. The van der Waals surface area contributed by atoms with Crippen molar-refractivity contribution in [3.63, 3.8) is 0 Å². The van der Waals surface area contributed by atoms with E-state index in [9.17, 15) is 24.3 Å². The summed E-state index contributed by atoms with van der Waals surface area (Å²) >= 11 is 14.0. The van der Waals surface area contributed by atoms with Gasteiger partial charge in [0.15, 0.2) is 0 Å². The first-order valence-corrected chi connectivity index (χ1v) is 12.0. The number of hydrogen-bond acceptors (Lipinski definition) is 6. The molecular weight excluding hydrogens is 493 g/mol. The molecule has 3 N–H and O–H groups in total. The predicted molar refractivity (Wildman–Crippen MR) is 127 cm³/mol. The van der Waals surface area contributed by atoms with Gasteiger partial charge in [0.2, 0.25) is 11.8 Å². The van der Waals surface area contributed by atoms with Crippen LogP contribution < -0.4 is 10.6 Å². The summed E-state index contributed by atoms with van der Waals surface area (Å²) < 4.78 is 4.39. The second-order valence-electron chi connectivity index (χ2n) is 7.19. The Morgan fingerprint density at radius 3 is 2.48 bits per heavy atom. The third-order valence-corrected chi connectivity index (χ3v) is 6.92. The minimum absolute atomic E-state index is 0.222. The number of nitrogens with zero attached hydrogens (tertiary/aromatic N) is 1. The van der Waals surface area contributed by atoms with Gasteiger partial charge in [-0.2, -0.15) is 0 Å². The topological polar surface area (TPSA) is 125 Å². The van der Waals surface area contributed by atoms with Crippen LogP contribution in [0.25, 0.3) is 6.08 Å². The van der Waals surface area contributed by atoms with Gasteiger partial charge in [-0.15, -0.1) is 11.8 Å². The Balaban J connectivity index is 1.89. The number of carbonyl (C=O) groups is 4. The molecule has 1 fully saturated rings. The van der Waals surface area contributed by atoms with E-state index in [1.807, 2.05) is 12.3 Å². The number of amides is 3. The van der Waals surface area contributed by atoms with Gasteiger partial charge in [-0.3, -0.25) is 9.59 Å². The molecule has 1 saturated heterocycles. The highest BCUT2D eigenvalue weighted by Crippen LogP contribution is 2.35. The normalized spacial score (nSPS) is 15.2. The molecule has 2 rings (SSSR count). The minimum atomic E-state index is -1.28. The summed E-state index contributed by atoms with van der Waals surface area (Å²) in [5.41, 5.74) is 0.627. The number of halogens is 2. The van der Waals surface area contributed by atoms with Gasteiger partial charge in [-0.25, -0.2) is 9.59 Å². The summed E-state index contributed by atoms with van der Waals surface area (Å²) in [6.07, 6.45) is 4.88. The van der Waals surface area contributed by atoms with Crippen molar-refractivity contribution >= 4 is 64.9 Å². The van der Waals surface area contributed by atoms with Gasteiger partial charge >= 0.3 is 12.1 Å². The lowest BCUT2D eigenvalue weighted by Crippen LogP contribution is -2.51. The van der Waals surface area contributed by atoms with Gasteiger partial charge in [0.05, 0.1) is 23.7 Å². The van der Waals surface area contributed by atoms with Gasteiger partial charge < -0.3 is 25.4 Å². The molecule has 1 atom stereocenters. The number of likely N-dealkylation sites (tertiary alicyclic amines) is 1. The molecule has 1 aromatic carbocycles. The van der Waals surface area contributed by atoms with E-state index < -0.39 is 29.9 Å². The number of methoxy groups -OCH3 is 1. The number of carbonyl (C=O) groups excluding carboxylic acids is 3. The number of thioether (sulfide) groups is 1. The molecule has 9 nitrogen and oxygen atoms in total. The second kappa shape index (κ2) is 12.7. The smallest absolute Gasteiger partial charge is 0.406 e. The van der Waals surface area contributed by atoms with Crippen LogP contribution in [0.2, 0.25) is 10.0 Å². The van der Waals surface area contributed by atoms with E-state index in [2.05, 4.69) is 15.4 Å².